The second-order valence-corrected chi connectivity index (χ2v) is 5.59. The van der Waals surface area contributed by atoms with Crippen molar-refractivity contribution in [3.05, 3.63) is 75.8 Å². The van der Waals surface area contributed by atoms with Crippen LogP contribution in [0.2, 0.25) is 0 Å². The number of rotatable bonds is 8. The molecule has 25 heavy (non-hydrogen) atoms. The largest absolute Gasteiger partial charge is 0.453 e. The van der Waals surface area contributed by atoms with E-state index in [0.29, 0.717) is 12.1 Å². The second-order valence-electron chi connectivity index (χ2n) is 5.59. The summed E-state index contributed by atoms with van der Waals surface area (Å²) < 4.78 is 5.71. The molecule has 1 atom stereocenters. The van der Waals surface area contributed by atoms with E-state index in [1.54, 1.807) is 0 Å². The highest BCUT2D eigenvalue weighted by molar-refractivity contribution is 5.89. The minimum absolute atomic E-state index is 0.0562. The van der Waals surface area contributed by atoms with Gasteiger partial charge < -0.3 is 4.74 Å². The van der Waals surface area contributed by atoms with E-state index < -0.39 is 17.0 Å². The van der Waals surface area contributed by atoms with Crippen LogP contribution in [-0.4, -0.2) is 35.4 Å². The van der Waals surface area contributed by atoms with Crippen LogP contribution in [0.25, 0.3) is 0 Å². The average molecular weight is 342 g/mol. The van der Waals surface area contributed by atoms with Crippen LogP contribution in [-0.2, 0) is 4.74 Å². The first-order chi connectivity index (χ1) is 12.0. The van der Waals surface area contributed by atoms with E-state index in [4.69, 9.17) is 4.74 Å². The Kier molecular flexibility index (Phi) is 6.65. The Labute approximate surface area is 147 Å². The highest BCUT2D eigenvalue weighted by atomic mass is 16.6. The lowest BCUT2D eigenvalue weighted by atomic mass is 10.1. The summed E-state index contributed by atoms with van der Waals surface area (Å²) in [5, 5.41) is 10.7. The molecule has 0 amide bonds. The fourth-order valence-electron chi connectivity index (χ4n) is 2.51. The van der Waals surface area contributed by atoms with Gasteiger partial charge in [-0.25, -0.2) is 4.79 Å². The van der Waals surface area contributed by atoms with Gasteiger partial charge in [-0.15, -0.1) is 0 Å². The molecule has 0 heterocycles. The van der Waals surface area contributed by atoms with Crippen LogP contribution in [0.1, 0.15) is 35.9 Å². The molecule has 0 saturated carbocycles. The first-order valence-corrected chi connectivity index (χ1v) is 8.27. The third-order valence-electron chi connectivity index (χ3n) is 4.05. The summed E-state index contributed by atoms with van der Waals surface area (Å²) in [6.45, 7) is 6.42. The van der Waals surface area contributed by atoms with Gasteiger partial charge in [0.1, 0.15) is 6.10 Å². The quantitative estimate of drug-likeness (QED) is 0.414. The van der Waals surface area contributed by atoms with Crippen LogP contribution in [0.4, 0.5) is 5.69 Å². The van der Waals surface area contributed by atoms with Gasteiger partial charge >= 0.3 is 5.97 Å². The molecule has 0 radical (unpaired) electrons. The number of nitrogens with zero attached hydrogens (tertiary/aromatic N) is 2. The number of non-ortho nitro benzene ring substituents is 1. The predicted octanol–water partition coefficient (Wildman–Crippen LogP) is 3.83. The van der Waals surface area contributed by atoms with E-state index in [2.05, 4.69) is 18.7 Å². The van der Waals surface area contributed by atoms with Gasteiger partial charge in [-0.05, 0) is 30.8 Å². The lowest BCUT2D eigenvalue weighted by Gasteiger charge is -2.25. The van der Waals surface area contributed by atoms with Crippen molar-refractivity contribution in [3.63, 3.8) is 0 Å². The SMILES string of the molecule is CCN(CC)CC(OC(=O)c1ccc([N+](=O)[O-])cc1)c1ccccc1. The number of likely N-dealkylation sites (N-methyl/N-ethyl adjacent to an activating group) is 1. The van der Waals surface area contributed by atoms with Gasteiger partial charge in [0.15, 0.2) is 0 Å². The first-order valence-electron chi connectivity index (χ1n) is 8.27. The number of ether oxygens (including phenoxy) is 1. The van der Waals surface area contributed by atoms with Gasteiger partial charge in [-0.3, -0.25) is 15.0 Å². The number of benzene rings is 2. The third-order valence-corrected chi connectivity index (χ3v) is 4.05. The molecular weight excluding hydrogens is 320 g/mol. The van der Waals surface area contributed by atoms with Crippen molar-refractivity contribution in [3.8, 4) is 0 Å². The second kappa shape index (κ2) is 8.94. The number of carbonyl (C=O) groups is 1. The van der Waals surface area contributed by atoms with Crippen LogP contribution in [0.5, 0.6) is 0 Å². The molecular formula is C19H22N2O4. The minimum Gasteiger partial charge on any atom is -0.453 e. The topological polar surface area (TPSA) is 72.7 Å². The number of hydrogen-bond donors (Lipinski definition) is 0. The molecule has 6 nitrogen and oxygen atoms in total. The molecule has 0 aliphatic rings. The van der Waals surface area contributed by atoms with Crippen LogP contribution in [0.3, 0.4) is 0 Å². The molecule has 2 rings (SSSR count). The summed E-state index contributed by atoms with van der Waals surface area (Å²) in [5.74, 6) is -0.490. The van der Waals surface area contributed by atoms with Crippen molar-refractivity contribution in [2.24, 2.45) is 0 Å². The number of carbonyl (C=O) groups excluding carboxylic acids is 1. The zero-order valence-electron chi connectivity index (χ0n) is 14.4. The average Bonchev–Trinajstić information content (AvgIpc) is 2.65. The summed E-state index contributed by atoms with van der Waals surface area (Å²) in [6, 6.07) is 15.0. The Hall–Kier alpha value is -2.73. The van der Waals surface area contributed by atoms with Crippen LogP contribution in [0.15, 0.2) is 54.6 Å². The fraction of sp³-hybridized carbons (Fsp3) is 0.316. The Morgan fingerprint density at radius 3 is 2.20 bits per heavy atom. The van der Waals surface area contributed by atoms with Crippen molar-refractivity contribution >= 4 is 11.7 Å². The Bertz CT molecular complexity index is 697. The van der Waals surface area contributed by atoms with Crippen molar-refractivity contribution in [1.29, 1.82) is 0 Å². The molecule has 0 fully saturated rings. The summed E-state index contributed by atoms with van der Waals surface area (Å²) >= 11 is 0. The van der Waals surface area contributed by atoms with Gasteiger partial charge in [-0.2, -0.15) is 0 Å². The Balaban J connectivity index is 2.17. The summed E-state index contributed by atoms with van der Waals surface area (Å²) in [5.41, 5.74) is 1.16. The van der Waals surface area contributed by atoms with Crippen LogP contribution < -0.4 is 0 Å². The highest BCUT2D eigenvalue weighted by Crippen LogP contribution is 2.21. The van der Waals surface area contributed by atoms with E-state index in [9.17, 15) is 14.9 Å². The smallest absolute Gasteiger partial charge is 0.338 e. The van der Waals surface area contributed by atoms with E-state index in [-0.39, 0.29) is 5.69 Å². The van der Waals surface area contributed by atoms with Gasteiger partial charge in [0.25, 0.3) is 5.69 Å². The maximum atomic E-state index is 12.5. The molecule has 0 aliphatic heterocycles. The van der Waals surface area contributed by atoms with Crippen LogP contribution in [0, 0.1) is 10.1 Å². The number of nitro benzene ring substituents is 1. The van der Waals surface area contributed by atoms with E-state index in [0.717, 1.165) is 18.7 Å². The molecule has 0 spiro atoms. The molecule has 0 bridgehead atoms. The van der Waals surface area contributed by atoms with E-state index in [1.807, 2.05) is 30.3 Å². The molecule has 2 aromatic rings. The minimum atomic E-state index is -0.498. The molecule has 0 aromatic heterocycles. The monoisotopic (exact) mass is 342 g/mol. The van der Waals surface area contributed by atoms with Gasteiger partial charge in [-0.1, -0.05) is 44.2 Å². The molecule has 0 aliphatic carbocycles. The normalized spacial score (nSPS) is 12.0. The van der Waals surface area contributed by atoms with Crippen molar-refractivity contribution in [2.75, 3.05) is 19.6 Å². The zero-order chi connectivity index (χ0) is 18.2. The molecule has 2 aromatic carbocycles. The summed E-state index contributed by atoms with van der Waals surface area (Å²) in [6.07, 6.45) is -0.399. The Morgan fingerprint density at radius 1 is 1.08 bits per heavy atom. The van der Waals surface area contributed by atoms with Crippen LogP contribution >= 0.6 is 0 Å². The molecule has 1 unspecified atom stereocenters. The summed E-state index contributed by atoms with van der Waals surface area (Å²) in [7, 11) is 0. The Morgan fingerprint density at radius 2 is 1.68 bits per heavy atom. The number of nitro groups is 1. The zero-order valence-corrected chi connectivity index (χ0v) is 14.4. The maximum absolute atomic E-state index is 12.5. The lowest BCUT2D eigenvalue weighted by molar-refractivity contribution is -0.384. The standard InChI is InChI=1S/C19H22N2O4/c1-3-20(4-2)14-18(15-8-6-5-7-9-15)25-19(22)16-10-12-17(13-11-16)21(23)24/h5-13,18H,3-4,14H2,1-2H3. The van der Waals surface area contributed by atoms with Crippen molar-refractivity contribution in [2.45, 2.75) is 20.0 Å². The fourth-order valence-corrected chi connectivity index (χ4v) is 2.51. The molecule has 132 valence electrons. The van der Waals surface area contributed by atoms with Crippen molar-refractivity contribution < 1.29 is 14.5 Å². The van der Waals surface area contributed by atoms with E-state index in [1.165, 1.54) is 24.3 Å². The first kappa shape index (κ1) is 18.6. The van der Waals surface area contributed by atoms with Gasteiger partial charge in [0.2, 0.25) is 0 Å². The number of hydrogen-bond acceptors (Lipinski definition) is 5. The highest BCUT2D eigenvalue weighted by Gasteiger charge is 2.20. The molecule has 6 heteroatoms. The summed E-state index contributed by atoms with van der Waals surface area (Å²) in [4.78, 5) is 24.9. The third kappa shape index (κ3) is 5.12. The van der Waals surface area contributed by atoms with Gasteiger partial charge in [0.05, 0.1) is 10.5 Å². The predicted molar refractivity (Wildman–Crippen MR) is 95.5 cm³/mol. The van der Waals surface area contributed by atoms with E-state index >= 15 is 0 Å². The maximum Gasteiger partial charge on any atom is 0.338 e. The molecule has 0 N–H and O–H groups in total. The molecule has 0 saturated heterocycles. The van der Waals surface area contributed by atoms with Crippen molar-refractivity contribution in [1.82, 2.24) is 4.90 Å². The van der Waals surface area contributed by atoms with Gasteiger partial charge in [0, 0.05) is 18.7 Å². The number of esters is 1. The lowest BCUT2D eigenvalue weighted by Crippen LogP contribution is -2.30.